The predicted molar refractivity (Wildman–Crippen MR) is 115 cm³/mol. The van der Waals surface area contributed by atoms with Crippen molar-refractivity contribution < 1.29 is 14.3 Å². The van der Waals surface area contributed by atoms with Crippen LogP contribution in [0.2, 0.25) is 10.0 Å². The zero-order valence-corrected chi connectivity index (χ0v) is 17.6. The van der Waals surface area contributed by atoms with Crippen LogP contribution in [-0.4, -0.2) is 49.1 Å². The highest BCUT2D eigenvalue weighted by molar-refractivity contribution is 6.43. The molecule has 3 rings (SSSR count). The topological polar surface area (TPSA) is 70.7 Å². The summed E-state index contributed by atoms with van der Waals surface area (Å²) in [7, 11) is 0. The molecule has 1 heterocycles. The number of hydrogen-bond donors (Lipinski definition) is 2. The van der Waals surface area contributed by atoms with Gasteiger partial charge in [-0.25, -0.2) is 0 Å². The number of anilines is 1. The van der Waals surface area contributed by atoms with Crippen molar-refractivity contribution in [3.05, 3.63) is 63.6 Å². The average molecular weight is 436 g/mol. The third-order valence-electron chi connectivity index (χ3n) is 4.64. The van der Waals surface area contributed by atoms with Crippen molar-refractivity contribution in [3.8, 4) is 0 Å². The third-order valence-corrected chi connectivity index (χ3v) is 5.46. The number of halogens is 2. The van der Waals surface area contributed by atoms with Crippen LogP contribution in [0, 0.1) is 0 Å². The Kier molecular flexibility index (Phi) is 7.50. The van der Waals surface area contributed by atoms with Gasteiger partial charge in [0.1, 0.15) is 6.04 Å². The van der Waals surface area contributed by atoms with Crippen LogP contribution in [0.25, 0.3) is 0 Å². The summed E-state index contributed by atoms with van der Waals surface area (Å²) in [6, 6.07) is 11.7. The van der Waals surface area contributed by atoms with Crippen molar-refractivity contribution in [2.24, 2.45) is 0 Å². The summed E-state index contributed by atoms with van der Waals surface area (Å²) >= 11 is 12.0. The molecule has 0 saturated carbocycles. The van der Waals surface area contributed by atoms with Gasteiger partial charge in [-0.05, 0) is 36.8 Å². The van der Waals surface area contributed by atoms with Crippen molar-refractivity contribution in [2.75, 3.05) is 31.6 Å². The molecule has 0 aromatic heterocycles. The molecule has 1 aliphatic heterocycles. The fourth-order valence-electron chi connectivity index (χ4n) is 3.03. The summed E-state index contributed by atoms with van der Waals surface area (Å²) in [5.41, 5.74) is 2.01. The van der Waals surface area contributed by atoms with Crippen molar-refractivity contribution in [1.29, 1.82) is 0 Å². The molecule has 2 N–H and O–H groups in total. The molecule has 29 heavy (non-hydrogen) atoms. The number of nitrogens with one attached hydrogen (secondary N) is 2. The summed E-state index contributed by atoms with van der Waals surface area (Å²) in [4.78, 5) is 27.2. The number of hydrogen-bond acceptors (Lipinski definition) is 4. The number of nitrogens with zero attached hydrogens (tertiary/aromatic N) is 1. The van der Waals surface area contributed by atoms with Crippen LogP contribution in [0.5, 0.6) is 0 Å². The van der Waals surface area contributed by atoms with Gasteiger partial charge < -0.3 is 15.4 Å². The maximum absolute atomic E-state index is 12.5. The van der Waals surface area contributed by atoms with E-state index in [0.29, 0.717) is 5.69 Å². The molecule has 2 amide bonds. The number of ether oxygens (including phenoxy) is 1. The van der Waals surface area contributed by atoms with E-state index in [0.717, 1.165) is 38.4 Å². The summed E-state index contributed by atoms with van der Waals surface area (Å²) in [5, 5.41) is 5.94. The third kappa shape index (κ3) is 5.93. The van der Waals surface area contributed by atoms with Gasteiger partial charge in [0.2, 0.25) is 5.91 Å². The van der Waals surface area contributed by atoms with Crippen LogP contribution in [0.15, 0.2) is 42.5 Å². The normalized spacial score (nSPS) is 15.6. The first-order chi connectivity index (χ1) is 13.9. The Morgan fingerprint density at radius 3 is 2.62 bits per heavy atom. The molecule has 1 saturated heterocycles. The van der Waals surface area contributed by atoms with Gasteiger partial charge >= 0.3 is 0 Å². The molecule has 1 atom stereocenters. The Hall–Kier alpha value is -2.12. The van der Waals surface area contributed by atoms with Gasteiger partial charge in [-0.3, -0.25) is 14.5 Å². The Balaban J connectivity index is 1.58. The van der Waals surface area contributed by atoms with Crippen LogP contribution in [-0.2, 0) is 16.1 Å². The molecule has 0 aliphatic carbocycles. The van der Waals surface area contributed by atoms with E-state index in [9.17, 15) is 9.59 Å². The van der Waals surface area contributed by atoms with Crippen molar-refractivity contribution in [3.63, 3.8) is 0 Å². The first kappa shape index (κ1) is 21.6. The van der Waals surface area contributed by atoms with Crippen LogP contribution in [0.3, 0.4) is 0 Å². The van der Waals surface area contributed by atoms with Crippen molar-refractivity contribution >= 4 is 40.7 Å². The van der Waals surface area contributed by atoms with E-state index in [1.54, 1.807) is 25.1 Å². The molecule has 154 valence electrons. The summed E-state index contributed by atoms with van der Waals surface area (Å²) in [5.74, 6) is -0.777. The fraction of sp³-hybridized carbons (Fsp3) is 0.333. The molecule has 0 bridgehead atoms. The molecule has 0 spiro atoms. The SMILES string of the molecule is CC(NC(=O)c1cccc(Cl)c1Cl)C(=O)Nc1cccc(CN2CCOCC2)c1. The van der Waals surface area contributed by atoms with Gasteiger partial charge in [-0.2, -0.15) is 0 Å². The minimum atomic E-state index is -0.750. The number of rotatable bonds is 6. The van der Waals surface area contributed by atoms with E-state index in [4.69, 9.17) is 27.9 Å². The second-order valence-corrected chi connectivity index (χ2v) is 7.66. The van der Waals surface area contributed by atoms with Gasteiger partial charge in [0.25, 0.3) is 5.91 Å². The van der Waals surface area contributed by atoms with E-state index < -0.39 is 11.9 Å². The van der Waals surface area contributed by atoms with Crippen molar-refractivity contribution in [1.82, 2.24) is 10.2 Å². The molecular weight excluding hydrogens is 413 g/mol. The monoisotopic (exact) mass is 435 g/mol. The maximum atomic E-state index is 12.5. The lowest BCUT2D eigenvalue weighted by Crippen LogP contribution is -2.41. The standard InChI is InChI=1S/C21H23Cl2N3O3/c1-14(24-21(28)17-6-3-7-18(22)19(17)23)20(27)25-16-5-2-4-15(12-16)13-26-8-10-29-11-9-26/h2-7,12,14H,8-11,13H2,1H3,(H,24,28)(H,25,27). The number of amides is 2. The summed E-state index contributed by atoms with van der Waals surface area (Å²) in [6.45, 7) is 5.68. The van der Waals surface area contributed by atoms with E-state index in [1.807, 2.05) is 24.3 Å². The molecule has 0 radical (unpaired) electrons. The largest absolute Gasteiger partial charge is 0.379 e. The van der Waals surface area contributed by atoms with E-state index in [-0.39, 0.29) is 21.5 Å². The maximum Gasteiger partial charge on any atom is 0.253 e. The molecule has 2 aromatic rings. The van der Waals surface area contributed by atoms with Gasteiger partial charge in [0.05, 0.1) is 28.8 Å². The molecule has 2 aromatic carbocycles. The molecule has 1 aliphatic rings. The Labute approximate surface area is 180 Å². The molecule has 8 heteroatoms. The zero-order valence-electron chi connectivity index (χ0n) is 16.1. The average Bonchev–Trinajstić information content (AvgIpc) is 2.71. The first-order valence-electron chi connectivity index (χ1n) is 9.39. The Bertz CT molecular complexity index is 885. The summed E-state index contributed by atoms with van der Waals surface area (Å²) < 4.78 is 5.37. The van der Waals surface area contributed by atoms with Crippen molar-refractivity contribution in [2.45, 2.75) is 19.5 Å². The van der Waals surface area contributed by atoms with Crippen LogP contribution in [0.1, 0.15) is 22.8 Å². The number of morpholine rings is 1. The number of carbonyl (C=O) groups excluding carboxylic acids is 2. The minimum absolute atomic E-state index is 0.162. The van der Waals surface area contributed by atoms with E-state index in [2.05, 4.69) is 15.5 Å². The first-order valence-corrected chi connectivity index (χ1v) is 10.1. The van der Waals surface area contributed by atoms with Crippen LogP contribution < -0.4 is 10.6 Å². The zero-order chi connectivity index (χ0) is 20.8. The minimum Gasteiger partial charge on any atom is -0.379 e. The second-order valence-electron chi connectivity index (χ2n) is 6.87. The Morgan fingerprint density at radius 1 is 1.14 bits per heavy atom. The van der Waals surface area contributed by atoms with Gasteiger partial charge in [0.15, 0.2) is 0 Å². The number of benzene rings is 2. The number of carbonyl (C=O) groups is 2. The predicted octanol–water partition coefficient (Wildman–Crippen LogP) is 3.58. The highest BCUT2D eigenvalue weighted by atomic mass is 35.5. The van der Waals surface area contributed by atoms with Gasteiger partial charge in [-0.15, -0.1) is 0 Å². The van der Waals surface area contributed by atoms with E-state index in [1.165, 1.54) is 0 Å². The summed E-state index contributed by atoms with van der Waals surface area (Å²) in [6.07, 6.45) is 0. The van der Waals surface area contributed by atoms with Crippen LogP contribution in [0.4, 0.5) is 5.69 Å². The van der Waals surface area contributed by atoms with Gasteiger partial charge in [0, 0.05) is 25.3 Å². The highest BCUT2D eigenvalue weighted by Crippen LogP contribution is 2.25. The molecular formula is C21H23Cl2N3O3. The second kappa shape index (κ2) is 10.1. The lowest BCUT2D eigenvalue weighted by Gasteiger charge is -2.26. The lowest BCUT2D eigenvalue weighted by atomic mass is 10.1. The quantitative estimate of drug-likeness (QED) is 0.727. The smallest absolute Gasteiger partial charge is 0.253 e. The molecule has 6 nitrogen and oxygen atoms in total. The molecule has 1 fully saturated rings. The Morgan fingerprint density at radius 2 is 1.86 bits per heavy atom. The van der Waals surface area contributed by atoms with Gasteiger partial charge in [-0.1, -0.05) is 41.4 Å². The highest BCUT2D eigenvalue weighted by Gasteiger charge is 2.19. The van der Waals surface area contributed by atoms with E-state index >= 15 is 0 Å². The van der Waals surface area contributed by atoms with Crippen LogP contribution >= 0.6 is 23.2 Å². The fourth-order valence-corrected chi connectivity index (χ4v) is 3.42. The lowest BCUT2D eigenvalue weighted by molar-refractivity contribution is -0.117. The molecule has 1 unspecified atom stereocenters.